The number of alkyl halides is 3. The van der Waals surface area contributed by atoms with Gasteiger partial charge in [0, 0.05) is 32.4 Å². The van der Waals surface area contributed by atoms with Crippen molar-refractivity contribution in [3.05, 3.63) is 18.0 Å². The van der Waals surface area contributed by atoms with Crippen LogP contribution in [0.2, 0.25) is 0 Å². The van der Waals surface area contributed by atoms with E-state index in [2.05, 4.69) is 5.10 Å². The zero-order valence-corrected chi connectivity index (χ0v) is 12.6. The minimum absolute atomic E-state index is 0.104. The van der Waals surface area contributed by atoms with Crippen LogP contribution >= 0.6 is 0 Å². The van der Waals surface area contributed by atoms with Gasteiger partial charge in [0.25, 0.3) is 0 Å². The Bertz CT molecular complexity index is 656. The molecule has 124 valence electrons. The lowest BCUT2D eigenvalue weighted by atomic mass is 10.3. The van der Waals surface area contributed by atoms with Crippen LogP contribution in [0.4, 0.5) is 18.0 Å². The van der Waals surface area contributed by atoms with E-state index in [9.17, 15) is 26.4 Å². The molecule has 0 aromatic carbocycles. The fourth-order valence-electron chi connectivity index (χ4n) is 2.14. The maximum absolute atomic E-state index is 12.5. The maximum Gasteiger partial charge on any atom is 0.419 e. The van der Waals surface area contributed by atoms with Crippen molar-refractivity contribution in [1.29, 1.82) is 0 Å². The van der Waals surface area contributed by atoms with Crippen molar-refractivity contribution < 1.29 is 26.4 Å². The average Bonchev–Trinajstić information content (AvgIpc) is 2.74. The second-order valence-corrected chi connectivity index (χ2v) is 6.94. The molecule has 1 aromatic rings. The van der Waals surface area contributed by atoms with Gasteiger partial charge >= 0.3 is 12.2 Å². The molecule has 1 aromatic heterocycles. The summed E-state index contributed by atoms with van der Waals surface area (Å²) < 4.78 is 62.3. The lowest BCUT2D eigenvalue weighted by Gasteiger charge is -2.20. The topological polar surface area (TPSA) is 75.5 Å². The first kappa shape index (κ1) is 16.7. The Hall–Kier alpha value is -1.62. The molecule has 7 nitrogen and oxygen atoms in total. The molecule has 1 amide bonds. The highest BCUT2D eigenvalue weighted by molar-refractivity contribution is 7.88. The van der Waals surface area contributed by atoms with Crippen LogP contribution < -0.4 is 0 Å². The van der Waals surface area contributed by atoms with Crippen molar-refractivity contribution in [2.24, 2.45) is 0 Å². The predicted molar refractivity (Wildman–Crippen MR) is 70.6 cm³/mol. The fraction of sp³-hybridized carbons (Fsp3) is 0.636. The standard InChI is InChI=1S/C11H15F3N4O3S/c1-22(20,21)17-4-2-3-16(5-6-17)10(19)18-8-9(7-15-18)11(12,13)14/h7-8H,2-6H2,1H3. The first-order valence-electron chi connectivity index (χ1n) is 6.45. The first-order valence-corrected chi connectivity index (χ1v) is 8.30. The minimum Gasteiger partial charge on any atom is -0.321 e. The number of carbonyl (C=O) groups excluding carboxylic acids is 1. The summed E-state index contributed by atoms with van der Waals surface area (Å²) in [5, 5.41) is 3.43. The number of nitrogens with zero attached hydrogens (tertiary/aromatic N) is 4. The third kappa shape index (κ3) is 3.77. The van der Waals surface area contributed by atoms with Crippen molar-refractivity contribution >= 4 is 16.1 Å². The molecule has 1 saturated heterocycles. The molecular formula is C11H15F3N4O3S. The van der Waals surface area contributed by atoms with Gasteiger partial charge in [-0.2, -0.15) is 23.0 Å². The van der Waals surface area contributed by atoms with Crippen LogP contribution in [0.3, 0.4) is 0 Å². The van der Waals surface area contributed by atoms with E-state index in [0.29, 0.717) is 23.5 Å². The molecule has 0 saturated carbocycles. The van der Waals surface area contributed by atoms with Gasteiger partial charge in [-0.15, -0.1) is 0 Å². The van der Waals surface area contributed by atoms with Crippen molar-refractivity contribution in [3.63, 3.8) is 0 Å². The number of amides is 1. The molecule has 0 unspecified atom stereocenters. The van der Waals surface area contributed by atoms with Gasteiger partial charge in [-0.25, -0.2) is 17.5 Å². The van der Waals surface area contributed by atoms with Crippen LogP contribution in [-0.4, -0.2) is 65.9 Å². The van der Waals surface area contributed by atoms with Gasteiger partial charge in [-0.3, -0.25) is 0 Å². The Labute approximate surface area is 125 Å². The summed E-state index contributed by atoms with van der Waals surface area (Å²) in [4.78, 5) is 13.4. The normalized spacial score (nSPS) is 18.3. The van der Waals surface area contributed by atoms with E-state index >= 15 is 0 Å². The summed E-state index contributed by atoms with van der Waals surface area (Å²) in [6, 6.07) is -0.703. The summed E-state index contributed by atoms with van der Waals surface area (Å²) >= 11 is 0. The molecule has 0 atom stereocenters. The quantitative estimate of drug-likeness (QED) is 0.759. The van der Waals surface area contributed by atoms with Gasteiger partial charge < -0.3 is 4.90 Å². The monoisotopic (exact) mass is 340 g/mol. The lowest BCUT2D eigenvalue weighted by molar-refractivity contribution is -0.137. The summed E-state index contributed by atoms with van der Waals surface area (Å²) in [5.74, 6) is 0. The van der Waals surface area contributed by atoms with Crippen LogP contribution in [0.25, 0.3) is 0 Å². The van der Waals surface area contributed by atoms with E-state index < -0.39 is 27.8 Å². The van der Waals surface area contributed by atoms with E-state index in [0.717, 1.165) is 6.26 Å². The molecule has 0 spiro atoms. The van der Waals surface area contributed by atoms with Gasteiger partial charge in [0.05, 0.1) is 18.0 Å². The summed E-state index contributed by atoms with van der Waals surface area (Å²) in [7, 11) is -3.35. The molecule has 0 N–H and O–H groups in total. The first-order chi connectivity index (χ1) is 10.1. The second kappa shape index (κ2) is 5.88. The Morgan fingerprint density at radius 3 is 2.45 bits per heavy atom. The SMILES string of the molecule is CS(=O)(=O)N1CCCN(C(=O)n2cc(C(F)(F)F)cn2)CC1. The van der Waals surface area contributed by atoms with Crippen LogP contribution in [0, 0.1) is 0 Å². The smallest absolute Gasteiger partial charge is 0.321 e. The van der Waals surface area contributed by atoms with Gasteiger partial charge in [-0.1, -0.05) is 0 Å². The van der Waals surface area contributed by atoms with Crippen LogP contribution in [0.15, 0.2) is 12.4 Å². The molecule has 0 bridgehead atoms. The Kier molecular flexibility index (Phi) is 4.47. The number of hydrogen-bond acceptors (Lipinski definition) is 4. The number of carbonyl (C=O) groups is 1. The maximum atomic E-state index is 12.5. The Balaban J connectivity index is 2.09. The molecule has 2 rings (SSSR count). The van der Waals surface area contributed by atoms with E-state index in [4.69, 9.17) is 0 Å². The zero-order valence-electron chi connectivity index (χ0n) is 11.7. The van der Waals surface area contributed by atoms with E-state index in [-0.39, 0.29) is 26.2 Å². The van der Waals surface area contributed by atoms with E-state index in [1.54, 1.807) is 0 Å². The summed E-state index contributed by atoms with van der Waals surface area (Å²) in [6.45, 7) is 0.743. The molecule has 1 aliphatic heterocycles. The minimum atomic E-state index is -4.57. The molecule has 11 heteroatoms. The molecule has 1 aliphatic rings. The van der Waals surface area contributed by atoms with Crippen molar-refractivity contribution in [3.8, 4) is 0 Å². The third-order valence-electron chi connectivity index (χ3n) is 3.30. The van der Waals surface area contributed by atoms with E-state index in [1.807, 2.05) is 0 Å². The number of sulfonamides is 1. The summed E-state index contributed by atoms with van der Waals surface area (Å²) in [5.41, 5.74) is -1.01. The summed E-state index contributed by atoms with van der Waals surface area (Å²) in [6.07, 6.45) is -1.87. The molecule has 22 heavy (non-hydrogen) atoms. The van der Waals surface area contributed by atoms with Crippen LogP contribution in [0.5, 0.6) is 0 Å². The molecular weight excluding hydrogens is 325 g/mol. The van der Waals surface area contributed by atoms with Gasteiger partial charge in [0.1, 0.15) is 0 Å². The third-order valence-corrected chi connectivity index (χ3v) is 4.60. The second-order valence-electron chi connectivity index (χ2n) is 4.96. The largest absolute Gasteiger partial charge is 0.419 e. The average molecular weight is 340 g/mol. The van der Waals surface area contributed by atoms with Crippen molar-refractivity contribution in [2.75, 3.05) is 32.4 Å². The van der Waals surface area contributed by atoms with Gasteiger partial charge in [-0.05, 0) is 6.42 Å². The fourth-order valence-corrected chi connectivity index (χ4v) is 3.01. The highest BCUT2D eigenvalue weighted by Gasteiger charge is 2.33. The zero-order chi connectivity index (χ0) is 16.5. The van der Waals surface area contributed by atoms with Gasteiger partial charge in [0.2, 0.25) is 10.0 Å². The highest BCUT2D eigenvalue weighted by atomic mass is 32.2. The molecule has 1 fully saturated rings. The number of hydrogen-bond donors (Lipinski definition) is 0. The Morgan fingerprint density at radius 2 is 1.91 bits per heavy atom. The predicted octanol–water partition coefficient (Wildman–Crippen LogP) is 0.837. The number of aromatic nitrogens is 2. The Morgan fingerprint density at radius 1 is 1.23 bits per heavy atom. The molecule has 0 aliphatic carbocycles. The molecule has 2 heterocycles. The van der Waals surface area contributed by atoms with E-state index in [1.165, 1.54) is 9.21 Å². The van der Waals surface area contributed by atoms with Crippen molar-refractivity contribution in [1.82, 2.24) is 19.0 Å². The van der Waals surface area contributed by atoms with Gasteiger partial charge in [0.15, 0.2) is 0 Å². The van der Waals surface area contributed by atoms with Crippen LogP contribution in [-0.2, 0) is 16.2 Å². The molecule has 0 radical (unpaired) electrons. The van der Waals surface area contributed by atoms with Crippen LogP contribution in [0.1, 0.15) is 12.0 Å². The highest BCUT2D eigenvalue weighted by Crippen LogP contribution is 2.28. The van der Waals surface area contributed by atoms with Crippen molar-refractivity contribution in [2.45, 2.75) is 12.6 Å². The number of halogens is 3. The lowest BCUT2D eigenvalue weighted by Crippen LogP contribution is -2.39. The number of rotatable bonds is 1.